The standard InChI is InChI=1S/C20H34F2N4O2/c1-14(2)18(28)23-16-5-7-25(13-20(16,21)22)17(27)9-24-8-6-19(10-24)11-26(12-19)15(3)4/h14-16H,5-13H2,1-4H3,(H,23,28). The van der Waals surface area contributed by atoms with E-state index in [1.807, 2.05) is 0 Å². The largest absolute Gasteiger partial charge is 0.347 e. The Hall–Kier alpha value is -1.28. The Balaban J connectivity index is 1.48. The zero-order valence-corrected chi connectivity index (χ0v) is 17.5. The first-order valence-corrected chi connectivity index (χ1v) is 10.4. The summed E-state index contributed by atoms with van der Waals surface area (Å²) in [5.74, 6) is -4.04. The van der Waals surface area contributed by atoms with Gasteiger partial charge in [0.2, 0.25) is 11.8 Å². The van der Waals surface area contributed by atoms with Crippen LogP contribution in [0.25, 0.3) is 0 Å². The van der Waals surface area contributed by atoms with E-state index in [-0.39, 0.29) is 42.7 Å². The van der Waals surface area contributed by atoms with Crippen molar-refractivity contribution in [3.8, 4) is 0 Å². The van der Waals surface area contributed by atoms with Gasteiger partial charge in [-0.25, -0.2) is 8.78 Å². The molecule has 3 aliphatic heterocycles. The second-order valence-electron chi connectivity index (χ2n) is 9.54. The Bertz CT molecular complexity index is 605. The molecular weight excluding hydrogens is 366 g/mol. The second kappa shape index (κ2) is 7.86. The van der Waals surface area contributed by atoms with Gasteiger partial charge in [-0.2, -0.15) is 0 Å². The number of carbonyl (C=O) groups is 2. The number of nitrogens with one attached hydrogen (secondary N) is 1. The van der Waals surface area contributed by atoms with Gasteiger partial charge in [-0.3, -0.25) is 19.4 Å². The molecule has 0 aliphatic carbocycles. The van der Waals surface area contributed by atoms with Crippen LogP contribution in [-0.4, -0.2) is 90.3 Å². The van der Waals surface area contributed by atoms with E-state index in [1.165, 1.54) is 4.90 Å². The molecule has 3 aliphatic rings. The zero-order valence-electron chi connectivity index (χ0n) is 17.5. The third-order valence-corrected chi connectivity index (χ3v) is 6.48. The van der Waals surface area contributed by atoms with E-state index < -0.39 is 18.5 Å². The summed E-state index contributed by atoms with van der Waals surface area (Å²) in [6.07, 6.45) is 1.16. The molecule has 3 saturated heterocycles. The van der Waals surface area contributed by atoms with Gasteiger partial charge in [0.25, 0.3) is 5.92 Å². The number of nitrogens with zero attached hydrogens (tertiary/aromatic N) is 3. The summed E-state index contributed by atoms with van der Waals surface area (Å²) in [5, 5.41) is 2.44. The molecule has 0 aromatic rings. The van der Waals surface area contributed by atoms with Crippen molar-refractivity contribution in [2.24, 2.45) is 11.3 Å². The van der Waals surface area contributed by atoms with Crippen LogP contribution in [0.5, 0.6) is 0 Å². The molecule has 28 heavy (non-hydrogen) atoms. The summed E-state index contributed by atoms with van der Waals surface area (Å²) in [4.78, 5) is 30.2. The van der Waals surface area contributed by atoms with E-state index in [9.17, 15) is 18.4 Å². The lowest BCUT2D eigenvalue weighted by molar-refractivity contribution is -0.148. The van der Waals surface area contributed by atoms with E-state index in [1.54, 1.807) is 13.8 Å². The predicted molar refractivity (Wildman–Crippen MR) is 103 cm³/mol. The van der Waals surface area contributed by atoms with Gasteiger partial charge in [-0.15, -0.1) is 0 Å². The van der Waals surface area contributed by atoms with Crippen molar-refractivity contribution in [3.63, 3.8) is 0 Å². The number of halogens is 2. The summed E-state index contributed by atoms with van der Waals surface area (Å²) in [7, 11) is 0. The maximum absolute atomic E-state index is 14.5. The van der Waals surface area contributed by atoms with E-state index in [0.29, 0.717) is 6.04 Å². The van der Waals surface area contributed by atoms with Crippen LogP contribution in [0.1, 0.15) is 40.5 Å². The monoisotopic (exact) mass is 400 g/mol. The molecule has 2 amide bonds. The minimum absolute atomic E-state index is 0.0878. The first kappa shape index (κ1) is 21.4. The fourth-order valence-corrected chi connectivity index (χ4v) is 4.56. The molecule has 8 heteroatoms. The van der Waals surface area contributed by atoms with Crippen molar-refractivity contribution in [2.45, 2.75) is 58.5 Å². The van der Waals surface area contributed by atoms with Crippen LogP contribution < -0.4 is 5.32 Å². The average molecular weight is 401 g/mol. The molecule has 3 fully saturated rings. The topological polar surface area (TPSA) is 55.9 Å². The molecule has 1 spiro atoms. The van der Waals surface area contributed by atoms with E-state index in [2.05, 4.69) is 29.0 Å². The van der Waals surface area contributed by atoms with Gasteiger partial charge in [0, 0.05) is 43.6 Å². The van der Waals surface area contributed by atoms with Crippen molar-refractivity contribution < 1.29 is 18.4 Å². The molecular formula is C20H34F2N4O2. The summed E-state index contributed by atoms with van der Waals surface area (Å²) in [5.41, 5.74) is 0.280. The van der Waals surface area contributed by atoms with E-state index in [4.69, 9.17) is 0 Å². The highest BCUT2D eigenvalue weighted by Crippen LogP contribution is 2.40. The van der Waals surface area contributed by atoms with Crippen molar-refractivity contribution in [1.29, 1.82) is 0 Å². The van der Waals surface area contributed by atoms with Crippen molar-refractivity contribution >= 4 is 11.8 Å². The molecule has 6 nitrogen and oxygen atoms in total. The molecule has 0 saturated carbocycles. The minimum atomic E-state index is -3.10. The van der Waals surface area contributed by atoms with Gasteiger partial charge in [0.15, 0.2) is 0 Å². The highest BCUT2D eigenvalue weighted by atomic mass is 19.3. The van der Waals surface area contributed by atoms with Crippen LogP contribution in [0.15, 0.2) is 0 Å². The summed E-state index contributed by atoms with van der Waals surface area (Å²) in [6.45, 7) is 11.5. The Kier molecular flexibility index (Phi) is 6.01. The van der Waals surface area contributed by atoms with Gasteiger partial charge >= 0.3 is 0 Å². The number of carbonyl (C=O) groups excluding carboxylic acids is 2. The normalized spacial score (nSPS) is 27.4. The number of alkyl halides is 2. The lowest BCUT2D eigenvalue weighted by atomic mass is 9.78. The SMILES string of the molecule is CC(C)C(=O)NC1CCN(C(=O)CN2CCC3(C2)CN(C(C)C)C3)CC1(F)F. The van der Waals surface area contributed by atoms with Crippen LogP contribution in [-0.2, 0) is 9.59 Å². The maximum atomic E-state index is 14.5. The van der Waals surface area contributed by atoms with Gasteiger partial charge in [-0.05, 0) is 33.2 Å². The van der Waals surface area contributed by atoms with Crippen molar-refractivity contribution in [1.82, 2.24) is 20.0 Å². The Morgan fingerprint density at radius 3 is 2.32 bits per heavy atom. The maximum Gasteiger partial charge on any atom is 0.285 e. The number of hydrogen-bond donors (Lipinski definition) is 1. The molecule has 0 aromatic heterocycles. The average Bonchev–Trinajstić information content (AvgIpc) is 2.98. The molecule has 1 unspecified atom stereocenters. The molecule has 1 atom stereocenters. The van der Waals surface area contributed by atoms with Gasteiger partial charge in [0.05, 0.1) is 19.1 Å². The summed E-state index contributed by atoms with van der Waals surface area (Å²) >= 11 is 0. The Morgan fingerprint density at radius 1 is 1.07 bits per heavy atom. The van der Waals surface area contributed by atoms with E-state index >= 15 is 0 Å². The number of likely N-dealkylation sites (tertiary alicyclic amines) is 3. The summed E-state index contributed by atoms with van der Waals surface area (Å²) in [6, 6.07) is -0.653. The lowest BCUT2D eigenvalue weighted by Gasteiger charge is -2.50. The number of piperidine rings is 1. The van der Waals surface area contributed by atoms with Gasteiger partial charge in [-0.1, -0.05) is 13.8 Å². The highest BCUT2D eigenvalue weighted by molar-refractivity contribution is 5.79. The smallest absolute Gasteiger partial charge is 0.285 e. The van der Waals surface area contributed by atoms with Crippen molar-refractivity contribution in [3.05, 3.63) is 0 Å². The Labute approximate surface area is 166 Å². The molecule has 0 radical (unpaired) electrons. The van der Waals surface area contributed by atoms with Crippen LogP contribution in [0.2, 0.25) is 0 Å². The Morgan fingerprint density at radius 2 is 1.75 bits per heavy atom. The highest BCUT2D eigenvalue weighted by Gasteiger charge is 2.49. The molecule has 3 rings (SSSR count). The fraction of sp³-hybridized carbons (Fsp3) is 0.900. The molecule has 3 heterocycles. The predicted octanol–water partition coefficient (Wildman–Crippen LogP) is 1.41. The number of rotatable bonds is 5. The minimum Gasteiger partial charge on any atom is -0.347 e. The molecule has 160 valence electrons. The van der Waals surface area contributed by atoms with Crippen LogP contribution in [0.4, 0.5) is 8.78 Å². The van der Waals surface area contributed by atoms with Crippen LogP contribution >= 0.6 is 0 Å². The third-order valence-electron chi connectivity index (χ3n) is 6.48. The van der Waals surface area contributed by atoms with Crippen LogP contribution in [0.3, 0.4) is 0 Å². The molecule has 0 aromatic carbocycles. The first-order chi connectivity index (χ1) is 13.0. The first-order valence-electron chi connectivity index (χ1n) is 10.4. The lowest BCUT2D eigenvalue weighted by Crippen LogP contribution is -2.61. The molecule has 0 bridgehead atoms. The van der Waals surface area contributed by atoms with Crippen molar-refractivity contribution in [2.75, 3.05) is 45.8 Å². The zero-order chi connectivity index (χ0) is 20.7. The van der Waals surface area contributed by atoms with Crippen LogP contribution in [0, 0.1) is 11.3 Å². The van der Waals surface area contributed by atoms with Gasteiger partial charge < -0.3 is 10.2 Å². The third kappa shape index (κ3) is 4.48. The fourth-order valence-electron chi connectivity index (χ4n) is 4.56. The van der Waals surface area contributed by atoms with Gasteiger partial charge in [0.1, 0.15) is 0 Å². The van der Waals surface area contributed by atoms with E-state index in [0.717, 1.165) is 32.6 Å². The number of amides is 2. The quantitative estimate of drug-likeness (QED) is 0.758. The second-order valence-corrected chi connectivity index (χ2v) is 9.54. The molecule has 1 N–H and O–H groups in total. The summed E-state index contributed by atoms with van der Waals surface area (Å²) < 4.78 is 29.0. The number of hydrogen-bond acceptors (Lipinski definition) is 4.